The van der Waals surface area contributed by atoms with Crippen LogP contribution in [0.4, 0.5) is 4.39 Å². The second kappa shape index (κ2) is 7.26. The van der Waals surface area contributed by atoms with Crippen molar-refractivity contribution in [1.29, 1.82) is 0 Å². The summed E-state index contributed by atoms with van der Waals surface area (Å²) in [6.07, 6.45) is 0. The van der Waals surface area contributed by atoms with Crippen molar-refractivity contribution in [2.75, 3.05) is 0 Å². The minimum absolute atomic E-state index is 0.315. The summed E-state index contributed by atoms with van der Waals surface area (Å²) in [6.45, 7) is 0. The highest BCUT2D eigenvalue weighted by molar-refractivity contribution is 7.99. The van der Waals surface area contributed by atoms with E-state index < -0.39 is 0 Å². The summed E-state index contributed by atoms with van der Waals surface area (Å²) in [6, 6.07) is 18.8. The van der Waals surface area contributed by atoms with Crippen LogP contribution in [-0.2, 0) is 0 Å². The van der Waals surface area contributed by atoms with Crippen LogP contribution in [0.3, 0.4) is 0 Å². The number of benzene rings is 3. The molecule has 0 amide bonds. The number of hydrogen-bond donors (Lipinski definition) is 0. The second-order valence-electron chi connectivity index (χ2n) is 4.70. The molecule has 0 atom stereocenters. The van der Waals surface area contributed by atoms with Crippen LogP contribution in [0.2, 0.25) is 10.0 Å². The molecule has 3 aromatic carbocycles. The molecule has 0 heterocycles. The first-order valence-electron chi connectivity index (χ1n) is 6.76. The maximum absolute atomic E-state index is 13.6. The number of rotatable bonds is 4. The molecule has 116 valence electrons. The van der Waals surface area contributed by atoms with Gasteiger partial charge in [0, 0.05) is 14.9 Å². The summed E-state index contributed by atoms with van der Waals surface area (Å²) >= 11 is 13.2. The Morgan fingerprint density at radius 2 is 1.39 bits per heavy atom. The molecule has 0 N–H and O–H groups in total. The largest absolute Gasteiger partial charge is 0.456 e. The van der Waals surface area contributed by atoms with E-state index in [1.807, 2.05) is 12.1 Å². The average Bonchev–Trinajstić information content (AvgIpc) is 2.54. The normalized spacial score (nSPS) is 10.6. The van der Waals surface area contributed by atoms with Gasteiger partial charge in [-0.2, -0.15) is 0 Å². The topological polar surface area (TPSA) is 9.23 Å². The van der Waals surface area contributed by atoms with Gasteiger partial charge < -0.3 is 4.74 Å². The molecule has 0 saturated carbocycles. The lowest BCUT2D eigenvalue weighted by molar-refractivity contribution is 0.468. The molecule has 0 radical (unpaired) electrons. The van der Waals surface area contributed by atoms with Crippen molar-refractivity contribution in [3.63, 3.8) is 0 Å². The van der Waals surface area contributed by atoms with Crippen LogP contribution in [0.1, 0.15) is 0 Å². The van der Waals surface area contributed by atoms with Gasteiger partial charge in [0.15, 0.2) is 0 Å². The van der Waals surface area contributed by atoms with Crippen LogP contribution in [0.25, 0.3) is 0 Å². The number of hydrogen-bond acceptors (Lipinski definition) is 2. The van der Waals surface area contributed by atoms with Crippen molar-refractivity contribution in [2.24, 2.45) is 0 Å². The van der Waals surface area contributed by atoms with Crippen LogP contribution < -0.4 is 4.74 Å². The number of halogens is 3. The third-order valence-electron chi connectivity index (χ3n) is 2.99. The first kappa shape index (κ1) is 16.2. The van der Waals surface area contributed by atoms with Gasteiger partial charge in [-0.05, 0) is 66.7 Å². The van der Waals surface area contributed by atoms with E-state index in [9.17, 15) is 4.39 Å². The van der Waals surface area contributed by atoms with E-state index in [1.165, 1.54) is 23.9 Å². The third kappa shape index (κ3) is 4.41. The molecule has 23 heavy (non-hydrogen) atoms. The van der Waals surface area contributed by atoms with Crippen molar-refractivity contribution in [2.45, 2.75) is 9.79 Å². The zero-order valence-corrected chi connectivity index (χ0v) is 14.1. The molecular weight excluding hydrogens is 354 g/mol. The van der Waals surface area contributed by atoms with Crippen molar-refractivity contribution >= 4 is 35.0 Å². The SMILES string of the molecule is Fc1ccc(Oc2ccc(Cl)cc2)c(Sc2ccc(Cl)cc2)c1. The van der Waals surface area contributed by atoms with Crippen molar-refractivity contribution in [3.05, 3.63) is 82.6 Å². The fourth-order valence-electron chi connectivity index (χ4n) is 1.91. The van der Waals surface area contributed by atoms with Gasteiger partial charge in [-0.1, -0.05) is 35.0 Å². The number of ether oxygens (including phenoxy) is 1. The zero-order valence-electron chi connectivity index (χ0n) is 11.8. The summed E-state index contributed by atoms with van der Waals surface area (Å²) in [5, 5.41) is 1.29. The molecule has 5 heteroatoms. The molecule has 0 aliphatic heterocycles. The Bertz CT molecular complexity index is 804. The molecule has 3 aromatic rings. The lowest BCUT2D eigenvalue weighted by atomic mass is 10.3. The van der Waals surface area contributed by atoms with Gasteiger partial charge in [-0.3, -0.25) is 0 Å². The van der Waals surface area contributed by atoms with Crippen LogP contribution in [0.15, 0.2) is 76.5 Å². The summed E-state index contributed by atoms with van der Waals surface area (Å²) < 4.78 is 19.4. The van der Waals surface area contributed by atoms with E-state index in [2.05, 4.69) is 0 Å². The highest BCUT2D eigenvalue weighted by atomic mass is 35.5. The van der Waals surface area contributed by atoms with Gasteiger partial charge in [0.05, 0.1) is 4.90 Å². The second-order valence-corrected chi connectivity index (χ2v) is 6.69. The fraction of sp³-hybridized carbons (Fsp3) is 0. The minimum atomic E-state index is -0.315. The summed E-state index contributed by atoms with van der Waals surface area (Å²) in [5.74, 6) is 0.901. The van der Waals surface area contributed by atoms with Gasteiger partial charge in [0.1, 0.15) is 17.3 Å². The lowest BCUT2D eigenvalue weighted by Crippen LogP contribution is -1.88. The van der Waals surface area contributed by atoms with Crippen LogP contribution >= 0.6 is 35.0 Å². The molecule has 0 bridgehead atoms. The maximum atomic E-state index is 13.6. The molecule has 0 spiro atoms. The van der Waals surface area contributed by atoms with Crippen molar-refractivity contribution in [3.8, 4) is 11.5 Å². The van der Waals surface area contributed by atoms with E-state index in [-0.39, 0.29) is 5.82 Å². The molecule has 3 rings (SSSR count). The highest BCUT2D eigenvalue weighted by Crippen LogP contribution is 2.38. The molecule has 0 aliphatic carbocycles. The Labute approximate surface area is 148 Å². The van der Waals surface area contributed by atoms with E-state index in [0.29, 0.717) is 26.4 Å². The van der Waals surface area contributed by atoms with Crippen molar-refractivity contribution < 1.29 is 9.13 Å². The van der Waals surface area contributed by atoms with Crippen LogP contribution in [0, 0.1) is 5.82 Å². The molecule has 1 nitrogen and oxygen atoms in total. The Hall–Kier alpha value is -1.68. The molecular formula is C18H11Cl2FOS. The zero-order chi connectivity index (χ0) is 16.2. The lowest BCUT2D eigenvalue weighted by Gasteiger charge is -2.11. The Balaban J connectivity index is 1.88. The fourth-order valence-corrected chi connectivity index (χ4v) is 3.07. The maximum Gasteiger partial charge on any atom is 0.141 e. The average molecular weight is 365 g/mol. The molecule has 0 aromatic heterocycles. The molecule has 0 aliphatic rings. The van der Waals surface area contributed by atoms with E-state index >= 15 is 0 Å². The predicted octanol–water partition coefficient (Wildman–Crippen LogP) is 7.08. The predicted molar refractivity (Wildman–Crippen MR) is 93.5 cm³/mol. The van der Waals surface area contributed by atoms with Gasteiger partial charge in [0.25, 0.3) is 0 Å². The summed E-state index contributed by atoms with van der Waals surface area (Å²) in [5.41, 5.74) is 0. The first-order chi connectivity index (χ1) is 11.1. The monoisotopic (exact) mass is 364 g/mol. The van der Waals surface area contributed by atoms with Gasteiger partial charge >= 0.3 is 0 Å². The standard InChI is InChI=1S/C18H11Cl2FOS/c19-12-1-6-15(7-2-12)22-17-10-5-14(21)11-18(17)23-16-8-3-13(20)4-9-16/h1-11H. The van der Waals surface area contributed by atoms with E-state index in [4.69, 9.17) is 27.9 Å². The van der Waals surface area contributed by atoms with Crippen LogP contribution in [-0.4, -0.2) is 0 Å². The molecule has 0 saturated heterocycles. The smallest absolute Gasteiger partial charge is 0.141 e. The van der Waals surface area contributed by atoms with Gasteiger partial charge in [-0.15, -0.1) is 0 Å². The first-order valence-corrected chi connectivity index (χ1v) is 8.34. The Morgan fingerprint density at radius 1 is 0.783 bits per heavy atom. The van der Waals surface area contributed by atoms with Gasteiger partial charge in [-0.25, -0.2) is 4.39 Å². The quantitative estimate of drug-likeness (QED) is 0.489. The van der Waals surface area contributed by atoms with E-state index in [1.54, 1.807) is 42.5 Å². The Kier molecular flexibility index (Phi) is 5.11. The Morgan fingerprint density at radius 3 is 2.04 bits per heavy atom. The highest BCUT2D eigenvalue weighted by Gasteiger charge is 2.09. The van der Waals surface area contributed by atoms with Crippen LogP contribution in [0.5, 0.6) is 11.5 Å². The molecule has 0 unspecified atom stereocenters. The van der Waals surface area contributed by atoms with Gasteiger partial charge in [0.2, 0.25) is 0 Å². The molecule has 0 fully saturated rings. The van der Waals surface area contributed by atoms with E-state index in [0.717, 1.165) is 4.90 Å². The summed E-state index contributed by atoms with van der Waals surface area (Å²) in [4.78, 5) is 1.63. The van der Waals surface area contributed by atoms with Crippen molar-refractivity contribution in [1.82, 2.24) is 0 Å². The minimum Gasteiger partial charge on any atom is -0.456 e. The third-order valence-corrected chi connectivity index (χ3v) is 4.54. The summed E-state index contributed by atoms with van der Waals surface area (Å²) in [7, 11) is 0.